The number of benzene rings is 2. The predicted octanol–water partition coefficient (Wildman–Crippen LogP) is 6.13. The second kappa shape index (κ2) is 6.11. The number of halogens is 3. The van der Waals surface area contributed by atoms with Gasteiger partial charge >= 0.3 is 6.18 Å². The van der Waals surface area contributed by atoms with Gasteiger partial charge in [-0.3, -0.25) is 0 Å². The van der Waals surface area contributed by atoms with E-state index in [2.05, 4.69) is 23.8 Å². The van der Waals surface area contributed by atoms with Crippen LogP contribution in [0.1, 0.15) is 25.3 Å². The van der Waals surface area contributed by atoms with Gasteiger partial charge in [0.25, 0.3) is 0 Å². The Labute approximate surface area is 133 Å². The van der Waals surface area contributed by atoms with Crippen molar-refractivity contribution in [3.8, 4) is 11.1 Å². The van der Waals surface area contributed by atoms with Crippen LogP contribution in [0.4, 0.5) is 13.2 Å². The molecule has 0 amide bonds. The summed E-state index contributed by atoms with van der Waals surface area (Å²) < 4.78 is 40.1. The van der Waals surface area contributed by atoms with Crippen LogP contribution in [-0.4, -0.2) is 4.57 Å². The first kappa shape index (κ1) is 15.7. The monoisotopic (exact) mass is 317 g/mol. The van der Waals surface area contributed by atoms with Crippen LogP contribution in [0.3, 0.4) is 0 Å². The number of aryl methyl sites for hydroxylation is 1. The molecular formula is C19H18F3N. The van der Waals surface area contributed by atoms with Crippen molar-refractivity contribution in [2.24, 2.45) is 0 Å². The highest BCUT2D eigenvalue weighted by Gasteiger charge is 2.29. The molecule has 3 rings (SSSR count). The molecule has 0 unspecified atom stereocenters. The van der Waals surface area contributed by atoms with Crippen molar-refractivity contribution in [2.45, 2.75) is 32.5 Å². The van der Waals surface area contributed by atoms with Crippen molar-refractivity contribution in [1.82, 2.24) is 4.57 Å². The summed E-state index contributed by atoms with van der Waals surface area (Å²) >= 11 is 0. The van der Waals surface area contributed by atoms with Gasteiger partial charge in [0.05, 0.1) is 5.56 Å². The minimum atomic E-state index is -4.29. The molecule has 0 saturated carbocycles. The van der Waals surface area contributed by atoms with Gasteiger partial charge < -0.3 is 4.57 Å². The quantitative estimate of drug-likeness (QED) is 0.545. The van der Waals surface area contributed by atoms with Crippen molar-refractivity contribution in [2.75, 3.05) is 0 Å². The lowest BCUT2D eigenvalue weighted by molar-refractivity contribution is -0.137. The maximum atomic E-state index is 12.6. The number of fused-ring (bicyclic) bond motifs is 1. The van der Waals surface area contributed by atoms with Crippen LogP contribution in [0, 0.1) is 0 Å². The molecule has 0 radical (unpaired) electrons. The van der Waals surface area contributed by atoms with Gasteiger partial charge in [-0.15, -0.1) is 0 Å². The van der Waals surface area contributed by atoms with Gasteiger partial charge in [-0.05, 0) is 47.9 Å². The Morgan fingerprint density at radius 3 is 2.26 bits per heavy atom. The van der Waals surface area contributed by atoms with Gasteiger partial charge in [0, 0.05) is 23.6 Å². The van der Waals surface area contributed by atoms with Crippen LogP contribution < -0.4 is 0 Å². The van der Waals surface area contributed by atoms with E-state index in [4.69, 9.17) is 0 Å². The molecule has 0 aliphatic rings. The van der Waals surface area contributed by atoms with Gasteiger partial charge in [-0.25, -0.2) is 0 Å². The van der Waals surface area contributed by atoms with Crippen LogP contribution in [0.5, 0.6) is 0 Å². The Bertz CT molecular complexity index is 798. The zero-order valence-corrected chi connectivity index (χ0v) is 12.9. The molecule has 0 spiro atoms. The Hall–Kier alpha value is -2.23. The fourth-order valence-electron chi connectivity index (χ4n) is 2.75. The fourth-order valence-corrected chi connectivity index (χ4v) is 2.75. The van der Waals surface area contributed by atoms with Crippen LogP contribution in [0.15, 0.2) is 54.7 Å². The van der Waals surface area contributed by atoms with E-state index in [0.29, 0.717) is 0 Å². The number of hydrogen-bond acceptors (Lipinski definition) is 0. The van der Waals surface area contributed by atoms with Crippen molar-refractivity contribution >= 4 is 10.9 Å². The lowest BCUT2D eigenvalue weighted by atomic mass is 10.0. The third-order valence-electron chi connectivity index (χ3n) is 4.07. The van der Waals surface area contributed by atoms with E-state index < -0.39 is 11.7 Å². The van der Waals surface area contributed by atoms with Gasteiger partial charge in [-0.2, -0.15) is 13.2 Å². The highest BCUT2D eigenvalue weighted by Crippen LogP contribution is 2.31. The Kier molecular flexibility index (Phi) is 4.16. The van der Waals surface area contributed by atoms with E-state index in [0.717, 1.165) is 53.5 Å². The van der Waals surface area contributed by atoms with E-state index in [1.807, 2.05) is 18.2 Å². The molecule has 1 nitrogen and oxygen atoms in total. The summed E-state index contributed by atoms with van der Waals surface area (Å²) in [4.78, 5) is 0. The summed E-state index contributed by atoms with van der Waals surface area (Å²) in [6.45, 7) is 3.15. The molecule has 0 bridgehead atoms. The number of hydrogen-bond donors (Lipinski definition) is 0. The van der Waals surface area contributed by atoms with Crippen molar-refractivity contribution < 1.29 is 13.2 Å². The van der Waals surface area contributed by atoms with Crippen molar-refractivity contribution in [3.63, 3.8) is 0 Å². The number of alkyl halides is 3. The smallest absolute Gasteiger partial charge is 0.347 e. The molecule has 120 valence electrons. The summed E-state index contributed by atoms with van der Waals surface area (Å²) in [5.41, 5.74) is 2.27. The SMILES string of the molecule is CCCCn1ccc2cc(-c3ccc(C(F)(F)F)cc3)ccc21. The van der Waals surface area contributed by atoms with Crippen LogP contribution in [-0.2, 0) is 12.7 Å². The fraction of sp³-hybridized carbons (Fsp3) is 0.263. The van der Waals surface area contributed by atoms with E-state index in [1.54, 1.807) is 0 Å². The topological polar surface area (TPSA) is 4.93 Å². The third-order valence-corrected chi connectivity index (χ3v) is 4.07. The standard InChI is InChI=1S/C19H18F3N/c1-2-3-11-23-12-10-16-13-15(6-9-18(16)23)14-4-7-17(8-5-14)19(20,21)22/h4-10,12-13H,2-3,11H2,1H3. The number of rotatable bonds is 4. The molecule has 0 N–H and O–H groups in total. The summed E-state index contributed by atoms with van der Waals surface area (Å²) in [6, 6.07) is 13.4. The third kappa shape index (κ3) is 3.26. The zero-order valence-electron chi connectivity index (χ0n) is 12.9. The van der Waals surface area contributed by atoms with E-state index in [1.165, 1.54) is 12.1 Å². The summed E-state index contributed by atoms with van der Waals surface area (Å²) in [5.74, 6) is 0. The second-order valence-electron chi connectivity index (χ2n) is 5.71. The molecule has 0 aliphatic carbocycles. The van der Waals surface area contributed by atoms with Crippen molar-refractivity contribution in [3.05, 3.63) is 60.3 Å². The molecule has 0 atom stereocenters. The molecule has 2 aromatic carbocycles. The second-order valence-corrected chi connectivity index (χ2v) is 5.71. The molecule has 1 aromatic heterocycles. The van der Waals surface area contributed by atoms with Gasteiger partial charge in [0.15, 0.2) is 0 Å². The van der Waals surface area contributed by atoms with Crippen LogP contribution in [0.25, 0.3) is 22.0 Å². The molecule has 0 fully saturated rings. The minimum absolute atomic E-state index is 0.618. The van der Waals surface area contributed by atoms with E-state index >= 15 is 0 Å². The molecule has 4 heteroatoms. The Morgan fingerprint density at radius 2 is 1.61 bits per heavy atom. The molecule has 1 heterocycles. The maximum absolute atomic E-state index is 12.6. The summed E-state index contributed by atoms with van der Waals surface area (Å²) in [7, 11) is 0. The molecule has 3 aromatic rings. The molecular weight excluding hydrogens is 299 g/mol. The highest BCUT2D eigenvalue weighted by molar-refractivity contribution is 5.85. The molecule has 23 heavy (non-hydrogen) atoms. The van der Waals surface area contributed by atoms with Gasteiger partial charge in [0.2, 0.25) is 0 Å². The first-order valence-electron chi connectivity index (χ1n) is 7.75. The highest BCUT2D eigenvalue weighted by atomic mass is 19.4. The average molecular weight is 317 g/mol. The average Bonchev–Trinajstić information content (AvgIpc) is 2.94. The number of nitrogens with zero attached hydrogens (tertiary/aromatic N) is 1. The lowest BCUT2D eigenvalue weighted by Gasteiger charge is -2.08. The van der Waals surface area contributed by atoms with E-state index in [9.17, 15) is 13.2 Å². The van der Waals surface area contributed by atoms with Crippen LogP contribution >= 0.6 is 0 Å². The number of unbranched alkanes of at least 4 members (excludes halogenated alkanes) is 1. The lowest BCUT2D eigenvalue weighted by Crippen LogP contribution is -2.03. The normalized spacial score (nSPS) is 12.0. The van der Waals surface area contributed by atoms with Gasteiger partial charge in [0.1, 0.15) is 0 Å². The van der Waals surface area contributed by atoms with Crippen LogP contribution in [0.2, 0.25) is 0 Å². The Balaban J connectivity index is 1.91. The largest absolute Gasteiger partial charge is 0.416 e. The molecule has 0 saturated heterocycles. The van der Waals surface area contributed by atoms with E-state index in [-0.39, 0.29) is 0 Å². The predicted molar refractivity (Wildman–Crippen MR) is 87.3 cm³/mol. The maximum Gasteiger partial charge on any atom is 0.416 e. The Morgan fingerprint density at radius 1 is 0.913 bits per heavy atom. The number of aromatic nitrogens is 1. The van der Waals surface area contributed by atoms with Gasteiger partial charge in [-0.1, -0.05) is 31.5 Å². The molecule has 0 aliphatic heterocycles. The first-order chi connectivity index (χ1) is 11.0. The summed E-state index contributed by atoms with van der Waals surface area (Å²) in [6.07, 6.45) is 0.0452. The minimum Gasteiger partial charge on any atom is -0.347 e. The first-order valence-corrected chi connectivity index (χ1v) is 7.75. The summed E-state index contributed by atoms with van der Waals surface area (Å²) in [5, 5.41) is 1.11. The zero-order chi connectivity index (χ0) is 16.4. The van der Waals surface area contributed by atoms with Crippen molar-refractivity contribution in [1.29, 1.82) is 0 Å².